The van der Waals surface area contributed by atoms with Gasteiger partial charge in [0.1, 0.15) is 23.3 Å². The number of nitrogens with zero attached hydrogens (tertiary/aromatic N) is 1. The highest BCUT2D eigenvalue weighted by Crippen LogP contribution is 2.34. The summed E-state index contributed by atoms with van der Waals surface area (Å²) in [6, 6.07) is 8.31. The normalized spacial score (nSPS) is 18.3. The van der Waals surface area contributed by atoms with E-state index in [9.17, 15) is 18.0 Å². The predicted octanol–water partition coefficient (Wildman–Crippen LogP) is 1.83. The number of carbonyl (C=O) groups excluding carboxylic acids is 2. The van der Waals surface area contributed by atoms with Crippen molar-refractivity contribution in [2.45, 2.75) is 23.8 Å². The molecule has 11 heteroatoms. The van der Waals surface area contributed by atoms with E-state index in [0.29, 0.717) is 35.8 Å². The lowest BCUT2D eigenvalue weighted by Gasteiger charge is -2.25. The molecule has 2 aliphatic heterocycles. The molecule has 32 heavy (non-hydrogen) atoms. The summed E-state index contributed by atoms with van der Waals surface area (Å²) in [6.45, 7) is 0.0802. The molecule has 2 heterocycles. The van der Waals surface area contributed by atoms with Gasteiger partial charge in [-0.2, -0.15) is 4.31 Å². The Bertz CT molecular complexity index is 1170. The predicted molar refractivity (Wildman–Crippen MR) is 116 cm³/mol. The lowest BCUT2D eigenvalue weighted by Crippen LogP contribution is -2.43. The summed E-state index contributed by atoms with van der Waals surface area (Å²) in [6.07, 6.45) is 0.916. The Labute approximate surface area is 185 Å². The van der Waals surface area contributed by atoms with Crippen LogP contribution in [0.3, 0.4) is 0 Å². The highest BCUT2D eigenvalue weighted by molar-refractivity contribution is 7.89. The maximum absolute atomic E-state index is 13.3. The standard InChI is InChI=1S/C21H23N3O7S/c1-29-13-5-7-18(30-2)15(10-13)23-21(26)17-4-3-9-24(17)32(27,28)14-6-8-19-16(11-14)22-20(25)12-31-19/h5-8,10-11,17H,3-4,9,12H2,1-2H3,(H,22,25)(H,23,26)/t17-/m0/s1. The van der Waals surface area contributed by atoms with Gasteiger partial charge in [-0.25, -0.2) is 8.42 Å². The molecule has 2 aromatic carbocycles. The van der Waals surface area contributed by atoms with E-state index in [0.717, 1.165) is 0 Å². The molecule has 2 amide bonds. The minimum Gasteiger partial charge on any atom is -0.497 e. The van der Waals surface area contributed by atoms with Crippen LogP contribution in [0.1, 0.15) is 12.8 Å². The molecule has 0 aromatic heterocycles. The SMILES string of the molecule is COc1ccc(OC)c(NC(=O)[C@@H]2CCCN2S(=O)(=O)c2ccc3c(c2)NC(=O)CO3)c1. The van der Waals surface area contributed by atoms with Gasteiger partial charge >= 0.3 is 0 Å². The highest BCUT2D eigenvalue weighted by atomic mass is 32.2. The summed E-state index contributed by atoms with van der Waals surface area (Å²) < 4.78 is 43.6. The van der Waals surface area contributed by atoms with Crippen LogP contribution in [-0.4, -0.2) is 58.0 Å². The van der Waals surface area contributed by atoms with E-state index in [1.165, 1.54) is 36.7 Å². The van der Waals surface area contributed by atoms with Gasteiger partial charge in [-0.15, -0.1) is 0 Å². The number of hydrogen-bond acceptors (Lipinski definition) is 7. The van der Waals surface area contributed by atoms with Gasteiger partial charge in [-0.3, -0.25) is 9.59 Å². The average molecular weight is 461 g/mol. The number of benzene rings is 2. The fraction of sp³-hybridized carbons (Fsp3) is 0.333. The van der Waals surface area contributed by atoms with Gasteiger partial charge in [0.05, 0.1) is 30.5 Å². The number of rotatable bonds is 6. The van der Waals surface area contributed by atoms with Crippen LogP contribution in [0.5, 0.6) is 17.2 Å². The van der Waals surface area contributed by atoms with Crippen LogP contribution in [0.15, 0.2) is 41.3 Å². The summed E-state index contributed by atoms with van der Waals surface area (Å²) >= 11 is 0. The zero-order chi connectivity index (χ0) is 22.9. The molecule has 0 spiro atoms. The first-order chi connectivity index (χ1) is 15.3. The Hall–Kier alpha value is -3.31. The second-order valence-corrected chi connectivity index (χ2v) is 9.21. The van der Waals surface area contributed by atoms with Crippen LogP contribution in [0, 0.1) is 0 Å². The minimum atomic E-state index is -3.99. The summed E-state index contributed by atoms with van der Waals surface area (Å²) in [5, 5.41) is 5.36. The molecule has 4 rings (SSSR count). The van der Waals surface area contributed by atoms with Gasteiger partial charge in [0.15, 0.2) is 6.61 Å². The van der Waals surface area contributed by atoms with Crippen LogP contribution < -0.4 is 24.8 Å². The number of anilines is 2. The number of nitrogens with one attached hydrogen (secondary N) is 2. The molecule has 1 fully saturated rings. The average Bonchev–Trinajstić information content (AvgIpc) is 3.29. The molecular formula is C21H23N3O7S. The number of hydrogen-bond donors (Lipinski definition) is 2. The summed E-state index contributed by atoms with van der Waals surface area (Å²) in [7, 11) is -1.02. The monoisotopic (exact) mass is 461 g/mol. The van der Waals surface area contributed by atoms with Gasteiger partial charge in [0.2, 0.25) is 15.9 Å². The van der Waals surface area contributed by atoms with Crippen LogP contribution in [0.4, 0.5) is 11.4 Å². The quantitative estimate of drug-likeness (QED) is 0.673. The number of methoxy groups -OCH3 is 2. The van der Waals surface area contributed by atoms with Crippen LogP contribution in [-0.2, 0) is 19.6 Å². The molecule has 2 N–H and O–H groups in total. The van der Waals surface area contributed by atoms with Crippen molar-refractivity contribution < 1.29 is 32.2 Å². The Morgan fingerprint density at radius 1 is 1.19 bits per heavy atom. The van der Waals surface area contributed by atoms with Crippen molar-refractivity contribution in [3.8, 4) is 17.2 Å². The van der Waals surface area contributed by atoms with E-state index < -0.39 is 22.0 Å². The fourth-order valence-corrected chi connectivity index (χ4v) is 5.46. The first-order valence-electron chi connectivity index (χ1n) is 9.95. The van der Waals surface area contributed by atoms with E-state index in [-0.39, 0.29) is 29.6 Å². The number of ether oxygens (including phenoxy) is 3. The lowest BCUT2D eigenvalue weighted by atomic mass is 10.2. The van der Waals surface area contributed by atoms with E-state index in [1.807, 2.05) is 0 Å². The Morgan fingerprint density at radius 3 is 2.75 bits per heavy atom. The Kier molecular flexibility index (Phi) is 5.94. The molecule has 1 atom stereocenters. The molecule has 0 radical (unpaired) electrons. The fourth-order valence-electron chi connectivity index (χ4n) is 3.78. The van der Waals surface area contributed by atoms with Gasteiger partial charge in [-0.1, -0.05) is 0 Å². The molecule has 0 aliphatic carbocycles. The molecule has 2 aliphatic rings. The molecule has 170 valence electrons. The largest absolute Gasteiger partial charge is 0.497 e. The van der Waals surface area contributed by atoms with Crippen molar-refractivity contribution >= 4 is 33.2 Å². The van der Waals surface area contributed by atoms with Crippen LogP contribution >= 0.6 is 0 Å². The van der Waals surface area contributed by atoms with Gasteiger partial charge in [0, 0.05) is 12.6 Å². The molecule has 2 aromatic rings. The van der Waals surface area contributed by atoms with Crippen molar-refractivity contribution in [1.82, 2.24) is 4.31 Å². The number of sulfonamides is 1. The van der Waals surface area contributed by atoms with E-state index in [4.69, 9.17) is 14.2 Å². The second kappa shape index (κ2) is 8.67. The van der Waals surface area contributed by atoms with E-state index >= 15 is 0 Å². The summed E-state index contributed by atoms with van der Waals surface area (Å²) in [4.78, 5) is 24.6. The molecule has 0 saturated carbocycles. The van der Waals surface area contributed by atoms with Crippen molar-refractivity contribution in [3.63, 3.8) is 0 Å². The maximum Gasteiger partial charge on any atom is 0.262 e. The molecule has 0 bridgehead atoms. The van der Waals surface area contributed by atoms with Crippen molar-refractivity contribution in [2.75, 3.05) is 38.0 Å². The van der Waals surface area contributed by atoms with Crippen LogP contribution in [0.25, 0.3) is 0 Å². The Morgan fingerprint density at radius 2 is 2.00 bits per heavy atom. The molecular weight excluding hydrogens is 438 g/mol. The summed E-state index contributed by atoms with van der Waals surface area (Å²) in [5.41, 5.74) is 0.665. The van der Waals surface area contributed by atoms with Gasteiger partial charge in [0.25, 0.3) is 5.91 Å². The van der Waals surface area contributed by atoms with Crippen molar-refractivity contribution in [3.05, 3.63) is 36.4 Å². The van der Waals surface area contributed by atoms with Crippen molar-refractivity contribution in [2.24, 2.45) is 0 Å². The molecule has 1 saturated heterocycles. The minimum absolute atomic E-state index is 0.0271. The number of amides is 2. The summed E-state index contributed by atoms with van der Waals surface area (Å²) in [5.74, 6) is 0.515. The first kappa shape index (κ1) is 21.9. The third-order valence-electron chi connectivity index (χ3n) is 5.36. The number of carbonyl (C=O) groups is 2. The third-order valence-corrected chi connectivity index (χ3v) is 7.27. The van der Waals surface area contributed by atoms with Crippen molar-refractivity contribution in [1.29, 1.82) is 0 Å². The zero-order valence-electron chi connectivity index (χ0n) is 17.6. The third kappa shape index (κ3) is 4.08. The van der Waals surface area contributed by atoms with Gasteiger partial charge in [-0.05, 0) is 43.2 Å². The molecule has 10 nitrogen and oxygen atoms in total. The van der Waals surface area contributed by atoms with Crippen LogP contribution in [0.2, 0.25) is 0 Å². The maximum atomic E-state index is 13.3. The lowest BCUT2D eigenvalue weighted by molar-refractivity contribution is -0.119. The Balaban J connectivity index is 1.59. The zero-order valence-corrected chi connectivity index (χ0v) is 18.4. The topological polar surface area (TPSA) is 123 Å². The first-order valence-corrected chi connectivity index (χ1v) is 11.4. The smallest absolute Gasteiger partial charge is 0.262 e. The number of fused-ring (bicyclic) bond motifs is 1. The molecule has 0 unspecified atom stereocenters. The van der Waals surface area contributed by atoms with Gasteiger partial charge < -0.3 is 24.8 Å². The highest BCUT2D eigenvalue weighted by Gasteiger charge is 2.40. The van der Waals surface area contributed by atoms with E-state index in [1.54, 1.807) is 18.2 Å². The van der Waals surface area contributed by atoms with E-state index in [2.05, 4.69) is 10.6 Å². The second-order valence-electron chi connectivity index (χ2n) is 7.32.